The summed E-state index contributed by atoms with van der Waals surface area (Å²) in [6, 6.07) is 13.7. The largest absolute Gasteiger partial charge is 0.468 e. The molecular weight excluding hydrogens is 322 g/mol. The number of hydrogen-bond acceptors (Lipinski definition) is 5. The third kappa shape index (κ3) is 5.78. The minimum atomic E-state index is -0.421. The standard InChI is InChI=1S/C19H19NO5/c1-23-13-25-17-10-3-14(4-11-17)5-12-18(21)20-16-8-6-15(7-9-16)19(22)24-2/h3-12H,13H2,1-2H3,(H,20,21)/b12-5+. The van der Waals surface area contributed by atoms with Crippen molar-refractivity contribution >= 4 is 23.6 Å². The van der Waals surface area contributed by atoms with Gasteiger partial charge >= 0.3 is 5.97 Å². The number of hydrogen-bond donors (Lipinski definition) is 1. The molecule has 2 rings (SSSR count). The zero-order chi connectivity index (χ0) is 18.1. The summed E-state index contributed by atoms with van der Waals surface area (Å²) in [6.07, 6.45) is 3.12. The molecular formula is C19H19NO5. The highest BCUT2D eigenvalue weighted by molar-refractivity contribution is 6.02. The van der Waals surface area contributed by atoms with Crippen LogP contribution in [-0.4, -0.2) is 32.9 Å². The zero-order valence-electron chi connectivity index (χ0n) is 14.0. The van der Waals surface area contributed by atoms with E-state index in [1.54, 1.807) is 49.6 Å². The van der Waals surface area contributed by atoms with Gasteiger partial charge in [0.15, 0.2) is 6.79 Å². The first-order chi connectivity index (χ1) is 12.1. The van der Waals surface area contributed by atoms with E-state index in [0.717, 1.165) is 5.56 Å². The monoisotopic (exact) mass is 341 g/mol. The van der Waals surface area contributed by atoms with E-state index >= 15 is 0 Å². The summed E-state index contributed by atoms with van der Waals surface area (Å²) in [5, 5.41) is 2.72. The summed E-state index contributed by atoms with van der Waals surface area (Å²) in [5.41, 5.74) is 1.87. The van der Waals surface area contributed by atoms with Crippen LogP contribution in [0, 0.1) is 0 Å². The lowest BCUT2D eigenvalue weighted by atomic mass is 10.2. The van der Waals surface area contributed by atoms with Crippen molar-refractivity contribution in [2.75, 3.05) is 26.3 Å². The number of nitrogens with one attached hydrogen (secondary N) is 1. The maximum atomic E-state index is 11.9. The van der Waals surface area contributed by atoms with Gasteiger partial charge in [-0.2, -0.15) is 0 Å². The Kier molecular flexibility index (Phi) is 6.74. The third-order valence-corrected chi connectivity index (χ3v) is 3.22. The van der Waals surface area contributed by atoms with E-state index in [-0.39, 0.29) is 12.7 Å². The van der Waals surface area contributed by atoms with Gasteiger partial charge in [0.05, 0.1) is 12.7 Å². The zero-order valence-corrected chi connectivity index (χ0v) is 14.0. The molecule has 25 heavy (non-hydrogen) atoms. The topological polar surface area (TPSA) is 73.9 Å². The number of benzene rings is 2. The second-order valence-corrected chi connectivity index (χ2v) is 5.01. The van der Waals surface area contributed by atoms with E-state index in [2.05, 4.69) is 10.1 Å². The second kappa shape index (κ2) is 9.24. The summed E-state index contributed by atoms with van der Waals surface area (Å²) in [6.45, 7) is 0.187. The number of carbonyl (C=O) groups is 2. The fourth-order valence-electron chi connectivity index (χ4n) is 1.97. The van der Waals surface area contributed by atoms with E-state index in [1.807, 2.05) is 12.1 Å². The molecule has 1 N–H and O–H groups in total. The molecule has 0 saturated carbocycles. The van der Waals surface area contributed by atoms with Crippen molar-refractivity contribution in [1.82, 2.24) is 0 Å². The van der Waals surface area contributed by atoms with Gasteiger partial charge in [-0.1, -0.05) is 12.1 Å². The second-order valence-electron chi connectivity index (χ2n) is 5.01. The van der Waals surface area contributed by atoms with Crippen molar-refractivity contribution in [3.63, 3.8) is 0 Å². The summed E-state index contributed by atoms with van der Waals surface area (Å²) >= 11 is 0. The molecule has 0 aliphatic rings. The normalized spacial score (nSPS) is 10.5. The summed E-state index contributed by atoms with van der Waals surface area (Å²) in [4.78, 5) is 23.3. The number of amides is 1. The van der Waals surface area contributed by atoms with Gasteiger partial charge in [0.25, 0.3) is 0 Å². The van der Waals surface area contributed by atoms with Crippen LogP contribution in [0.5, 0.6) is 5.75 Å². The van der Waals surface area contributed by atoms with Crippen LogP contribution >= 0.6 is 0 Å². The molecule has 130 valence electrons. The van der Waals surface area contributed by atoms with E-state index in [4.69, 9.17) is 9.47 Å². The van der Waals surface area contributed by atoms with Crippen LogP contribution in [0.2, 0.25) is 0 Å². The third-order valence-electron chi connectivity index (χ3n) is 3.22. The van der Waals surface area contributed by atoms with Gasteiger partial charge in [-0.3, -0.25) is 4.79 Å². The fourth-order valence-corrected chi connectivity index (χ4v) is 1.97. The van der Waals surface area contributed by atoms with Crippen LogP contribution in [0.25, 0.3) is 6.08 Å². The van der Waals surface area contributed by atoms with Crippen molar-refractivity contribution in [3.05, 3.63) is 65.7 Å². The molecule has 2 aromatic carbocycles. The molecule has 0 aliphatic heterocycles. The van der Waals surface area contributed by atoms with Crippen LogP contribution in [0.1, 0.15) is 15.9 Å². The first kappa shape index (κ1) is 18.2. The fraction of sp³-hybridized carbons (Fsp3) is 0.158. The van der Waals surface area contributed by atoms with Gasteiger partial charge in [0.1, 0.15) is 5.75 Å². The maximum Gasteiger partial charge on any atom is 0.337 e. The molecule has 0 radical (unpaired) electrons. The van der Waals surface area contributed by atoms with Crippen LogP contribution in [0.4, 0.5) is 5.69 Å². The Bertz CT molecular complexity index is 735. The molecule has 0 saturated heterocycles. The number of methoxy groups -OCH3 is 2. The number of esters is 1. The van der Waals surface area contributed by atoms with Gasteiger partial charge in [-0.05, 0) is 48.0 Å². The SMILES string of the molecule is COCOc1ccc(/C=C/C(=O)Nc2ccc(C(=O)OC)cc2)cc1. The van der Waals surface area contributed by atoms with E-state index in [1.165, 1.54) is 13.2 Å². The number of rotatable bonds is 7. The quantitative estimate of drug-likeness (QED) is 0.476. The maximum absolute atomic E-state index is 11.9. The lowest BCUT2D eigenvalue weighted by molar-refractivity contribution is -0.111. The molecule has 2 aromatic rings. The van der Waals surface area contributed by atoms with Gasteiger partial charge in [-0.15, -0.1) is 0 Å². The lowest BCUT2D eigenvalue weighted by Gasteiger charge is -2.04. The summed E-state index contributed by atoms with van der Waals surface area (Å²) < 4.78 is 14.7. The van der Waals surface area contributed by atoms with Gasteiger partial charge in [0, 0.05) is 18.9 Å². The molecule has 0 atom stereocenters. The predicted molar refractivity (Wildman–Crippen MR) is 94.4 cm³/mol. The van der Waals surface area contributed by atoms with Crippen molar-refractivity contribution in [1.29, 1.82) is 0 Å². The first-order valence-corrected chi connectivity index (χ1v) is 7.51. The Morgan fingerprint density at radius 1 is 1.00 bits per heavy atom. The summed E-state index contributed by atoms with van der Waals surface area (Å²) in [7, 11) is 2.87. The number of anilines is 1. The Morgan fingerprint density at radius 3 is 2.28 bits per heavy atom. The Morgan fingerprint density at radius 2 is 1.68 bits per heavy atom. The molecule has 6 heteroatoms. The molecule has 0 fully saturated rings. The molecule has 6 nitrogen and oxygen atoms in total. The highest BCUT2D eigenvalue weighted by atomic mass is 16.7. The lowest BCUT2D eigenvalue weighted by Crippen LogP contribution is -2.08. The highest BCUT2D eigenvalue weighted by Crippen LogP contribution is 2.14. The van der Waals surface area contributed by atoms with Gasteiger partial charge in [0.2, 0.25) is 5.91 Å². The van der Waals surface area contributed by atoms with E-state index in [9.17, 15) is 9.59 Å². The molecule has 0 spiro atoms. The molecule has 0 unspecified atom stereocenters. The van der Waals surface area contributed by atoms with Crippen molar-refractivity contribution in [2.24, 2.45) is 0 Å². The van der Waals surface area contributed by atoms with Crippen LogP contribution in [0.15, 0.2) is 54.6 Å². The first-order valence-electron chi connectivity index (χ1n) is 7.51. The molecule has 0 aliphatic carbocycles. The van der Waals surface area contributed by atoms with Crippen LogP contribution in [0.3, 0.4) is 0 Å². The predicted octanol–water partition coefficient (Wildman–Crippen LogP) is 3.11. The Labute approximate surface area is 146 Å². The molecule has 0 bridgehead atoms. The van der Waals surface area contributed by atoms with E-state index < -0.39 is 5.97 Å². The average Bonchev–Trinajstić information content (AvgIpc) is 2.65. The molecule has 1 amide bonds. The minimum Gasteiger partial charge on any atom is -0.468 e. The van der Waals surface area contributed by atoms with Crippen LogP contribution < -0.4 is 10.1 Å². The van der Waals surface area contributed by atoms with Crippen molar-refractivity contribution in [3.8, 4) is 5.75 Å². The van der Waals surface area contributed by atoms with Crippen molar-refractivity contribution in [2.45, 2.75) is 0 Å². The van der Waals surface area contributed by atoms with E-state index in [0.29, 0.717) is 17.0 Å². The Hall–Kier alpha value is -3.12. The average molecular weight is 341 g/mol. The molecule has 0 aromatic heterocycles. The van der Waals surface area contributed by atoms with Gasteiger partial charge in [-0.25, -0.2) is 4.79 Å². The number of ether oxygens (including phenoxy) is 3. The van der Waals surface area contributed by atoms with Crippen molar-refractivity contribution < 1.29 is 23.8 Å². The highest BCUT2D eigenvalue weighted by Gasteiger charge is 2.05. The van der Waals surface area contributed by atoms with Crippen LogP contribution in [-0.2, 0) is 14.3 Å². The van der Waals surface area contributed by atoms with Gasteiger partial charge < -0.3 is 19.5 Å². The molecule has 0 heterocycles. The summed E-state index contributed by atoms with van der Waals surface area (Å²) in [5.74, 6) is -0.00428. The Balaban J connectivity index is 1.90. The number of carbonyl (C=O) groups excluding carboxylic acids is 2. The smallest absolute Gasteiger partial charge is 0.337 e. The minimum absolute atomic E-state index is 0.187.